The second kappa shape index (κ2) is 10.3. The van der Waals surface area contributed by atoms with Crippen molar-refractivity contribution in [1.29, 1.82) is 0 Å². The third kappa shape index (κ3) is 5.26. The van der Waals surface area contributed by atoms with Crippen LogP contribution in [-0.4, -0.2) is 28.6 Å². The van der Waals surface area contributed by atoms with Crippen LogP contribution in [-0.2, 0) is 5.75 Å². The molecule has 0 saturated carbocycles. The molecule has 0 aliphatic heterocycles. The van der Waals surface area contributed by atoms with Crippen LogP contribution in [0.25, 0.3) is 16.6 Å². The average Bonchev–Trinajstić information content (AvgIpc) is 2.82. The number of thioether (sulfide) groups is 1. The molecule has 0 aliphatic carbocycles. The quantitative estimate of drug-likeness (QED) is 0.272. The zero-order valence-corrected chi connectivity index (χ0v) is 20.6. The van der Waals surface area contributed by atoms with E-state index in [1.54, 1.807) is 35.9 Å². The molecule has 4 rings (SSSR count). The molecule has 3 aromatic carbocycles. The number of halogens is 1. The SMILES string of the molecule is COc1cccc(-n2c(SCc3cccc(Cl)c3)nc3cc(C(=O)NC(C)C)ccc3c2=O)c1. The first-order valence-electron chi connectivity index (χ1n) is 10.7. The highest BCUT2D eigenvalue weighted by Gasteiger charge is 2.16. The standard InChI is InChI=1S/C26H24ClN3O3S/c1-16(2)28-24(31)18-10-11-22-23(13-18)29-26(34-15-17-6-4-7-19(27)12-17)30(25(22)32)20-8-5-9-21(14-20)33-3/h4-14,16H,15H2,1-3H3,(H,28,31). The van der Waals surface area contributed by atoms with Crippen LogP contribution < -0.4 is 15.6 Å². The van der Waals surface area contributed by atoms with Crippen LogP contribution in [0.2, 0.25) is 5.02 Å². The summed E-state index contributed by atoms with van der Waals surface area (Å²) in [4.78, 5) is 30.9. The second-order valence-electron chi connectivity index (χ2n) is 8.02. The van der Waals surface area contributed by atoms with Crippen molar-refractivity contribution in [3.8, 4) is 11.4 Å². The Labute approximate surface area is 206 Å². The average molecular weight is 494 g/mol. The number of carbonyl (C=O) groups excluding carboxylic acids is 1. The highest BCUT2D eigenvalue weighted by Crippen LogP contribution is 2.27. The number of carbonyl (C=O) groups is 1. The maximum atomic E-state index is 13.6. The van der Waals surface area contributed by atoms with Crippen LogP contribution in [0.5, 0.6) is 5.75 Å². The maximum Gasteiger partial charge on any atom is 0.266 e. The lowest BCUT2D eigenvalue weighted by molar-refractivity contribution is 0.0943. The summed E-state index contributed by atoms with van der Waals surface area (Å²) in [5, 5.41) is 4.46. The molecule has 34 heavy (non-hydrogen) atoms. The molecular weight excluding hydrogens is 470 g/mol. The van der Waals surface area contributed by atoms with Gasteiger partial charge in [-0.15, -0.1) is 0 Å². The Hall–Kier alpha value is -3.29. The predicted octanol–water partition coefficient (Wildman–Crippen LogP) is 5.48. The number of hydrogen-bond donors (Lipinski definition) is 1. The van der Waals surface area contributed by atoms with E-state index in [-0.39, 0.29) is 17.5 Å². The Morgan fingerprint density at radius 2 is 1.91 bits per heavy atom. The molecule has 6 nitrogen and oxygen atoms in total. The number of ether oxygens (including phenoxy) is 1. The molecule has 0 saturated heterocycles. The van der Waals surface area contributed by atoms with E-state index in [0.717, 1.165) is 5.56 Å². The summed E-state index contributed by atoms with van der Waals surface area (Å²) in [6, 6.07) is 19.8. The van der Waals surface area contributed by atoms with Crippen molar-refractivity contribution in [2.75, 3.05) is 7.11 Å². The Bertz CT molecular complexity index is 1420. The molecule has 4 aromatic rings. The zero-order valence-electron chi connectivity index (χ0n) is 19.0. The first-order valence-corrected chi connectivity index (χ1v) is 12.1. The Morgan fingerprint density at radius 1 is 1.12 bits per heavy atom. The lowest BCUT2D eigenvalue weighted by Crippen LogP contribution is -2.30. The molecule has 0 atom stereocenters. The van der Waals surface area contributed by atoms with E-state index >= 15 is 0 Å². The van der Waals surface area contributed by atoms with Crippen molar-refractivity contribution >= 4 is 40.2 Å². The van der Waals surface area contributed by atoms with Gasteiger partial charge in [0.15, 0.2) is 5.16 Å². The van der Waals surface area contributed by atoms with E-state index < -0.39 is 0 Å². The summed E-state index contributed by atoms with van der Waals surface area (Å²) in [6.45, 7) is 3.79. The number of methoxy groups -OCH3 is 1. The van der Waals surface area contributed by atoms with Crippen LogP contribution in [0.3, 0.4) is 0 Å². The number of nitrogens with one attached hydrogen (secondary N) is 1. The topological polar surface area (TPSA) is 73.2 Å². The summed E-state index contributed by atoms with van der Waals surface area (Å²) >= 11 is 7.56. The number of aromatic nitrogens is 2. The molecule has 174 valence electrons. The van der Waals surface area contributed by atoms with Gasteiger partial charge >= 0.3 is 0 Å². The van der Waals surface area contributed by atoms with Gasteiger partial charge in [-0.2, -0.15) is 0 Å². The van der Waals surface area contributed by atoms with Crippen LogP contribution in [0, 0.1) is 0 Å². The Morgan fingerprint density at radius 3 is 2.65 bits per heavy atom. The second-order valence-corrected chi connectivity index (χ2v) is 9.39. The third-order valence-electron chi connectivity index (χ3n) is 5.09. The first-order chi connectivity index (χ1) is 16.4. The van der Waals surface area contributed by atoms with E-state index in [9.17, 15) is 9.59 Å². The molecule has 8 heteroatoms. The number of benzene rings is 3. The molecular formula is C26H24ClN3O3S. The van der Waals surface area contributed by atoms with Crippen molar-refractivity contribution in [2.24, 2.45) is 0 Å². The number of fused-ring (bicyclic) bond motifs is 1. The molecule has 0 aliphatic rings. The minimum absolute atomic E-state index is 0.000955. The number of amides is 1. The van der Waals surface area contributed by atoms with Crippen LogP contribution in [0.1, 0.15) is 29.8 Å². The van der Waals surface area contributed by atoms with Gasteiger partial charge < -0.3 is 10.1 Å². The van der Waals surface area contributed by atoms with Crippen LogP contribution >= 0.6 is 23.4 Å². The molecule has 0 radical (unpaired) electrons. The normalized spacial score (nSPS) is 11.1. The molecule has 1 N–H and O–H groups in total. The highest BCUT2D eigenvalue weighted by molar-refractivity contribution is 7.98. The maximum absolute atomic E-state index is 13.6. The van der Waals surface area contributed by atoms with Gasteiger partial charge in [0.05, 0.1) is 23.7 Å². The molecule has 0 fully saturated rings. The van der Waals surface area contributed by atoms with E-state index in [4.69, 9.17) is 21.3 Å². The van der Waals surface area contributed by atoms with Crippen molar-refractivity contribution < 1.29 is 9.53 Å². The third-order valence-corrected chi connectivity index (χ3v) is 6.33. The van der Waals surface area contributed by atoms with Gasteiger partial charge in [-0.1, -0.05) is 41.6 Å². The Balaban J connectivity index is 1.84. The van der Waals surface area contributed by atoms with Crippen LogP contribution in [0.4, 0.5) is 0 Å². The molecule has 0 unspecified atom stereocenters. The zero-order chi connectivity index (χ0) is 24.2. The van der Waals surface area contributed by atoms with Gasteiger partial charge in [0, 0.05) is 28.4 Å². The highest BCUT2D eigenvalue weighted by atomic mass is 35.5. The summed E-state index contributed by atoms with van der Waals surface area (Å²) in [6.07, 6.45) is 0. The fraction of sp³-hybridized carbons (Fsp3) is 0.192. The van der Waals surface area contributed by atoms with Crippen LogP contribution in [0.15, 0.2) is 76.7 Å². The van der Waals surface area contributed by atoms with Gasteiger partial charge in [-0.05, 0) is 61.9 Å². The molecule has 1 aromatic heterocycles. The molecule has 0 spiro atoms. The van der Waals surface area contributed by atoms with Gasteiger partial charge in [0.1, 0.15) is 5.75 Å². The largest absolute Gasteiger partial charge is 0.497 e. The number of hydrogen-bond acceptors (Lipinski definition) is 5. The first kappa shape index (κ1) is 23.9. The molecule has 1 amide bonds. The molecule has 0 bridgehead atoms. The van der Waals surface area contributed by atoms with Crippen molar-refractivity contribution in [3.05, 3.63) is 93.2 Å². The molecule has 1 heterocycles. The smallest absolute Gasteiger partial charge is 0.266 e. The summed E-state index contributed by atoms with van der Waals surface area (Å²) in [5.41, 5.74) is 2.36. The fourth-order valence-electron chi connectivity index (χ4n) is 3.50. The summed E-state index contributed by atoms with van der Waals surface area (Å²) in [7, 11) is 1.58. The van der Waals surface area contributed by atoms with Crippen molar-refractivity contribution in [3.63, 3.8) is 0 Å². The predicted molar refractivity (Wildman–Crippen MR) is 138 cm³/mol. The van der Waals surface area contributed by atoms with E-state index in [1.165, 1.54) is 11.8 Å². The van der Waals surface area contributed by atoms with Gasteiger partial charge in [0.2, 0.25) is 0 Å². The monoisotopic (exact) mass is 493 g/mol. The van der Waals surface area contributed by atoms with Crippen molar-refractivity contribution in [1.82, 2.24) is 14.9 Å². The number of nitrogens with zero attached hydrogens (tertiary/aromatic N) is 2. The lowest BCUT2D eigenvalue weighted by atomic mass is 10.1. The van der Waals surface area contributed by atoms with Crippen molar-refractivity contribution in [2.45, 2.75) is 30.8 Å². The minimum Gasteiger partial charge on any atom is -0.497 e. The number of rotatable bonds is 7. The van der Waals surface area contributed by atoms with Gasteiger partial charge in [-0.25, -0.2) is 4.98 Å². The van der Waals surface area contributed by atoms with Gasteiger partial charge in [-0.3, -0.25) is 14.2 Å². The van der Waals surface area contributed by atoms with Gasteiger partial charge in [0.25, 0.3) is 11.5 Å². The summed E-state index contributed by atoms with van der Waals surface area (Å²) < 4.78 is 6.94. The summed E-state index contributed by atoms with van der Waals surface area (Å²) in [5.74, 6) is 0.996. The van der Waals surface area contributed by atoms with E-state index in [1.807, 2.05) is 56.3 Å². The van der Waals surface area contributed by atoms with E-state index in [0.29, 0.717) is 43.8 Å². The fourth-order valence-corrected chi connectivity index (χ4v) is 4.67. The Kier molecular flexibility index (Phi) is 7.24. The minimum atomic E-state index is -0.220. The lowest BCUT2D eigenvalue weighted by Gasteiger charge is -2.15. The van der Waals surface area contributed by atoms with E-state index in [2.05, 4.69) is 5.32 Å².